The van der Waals surface area contributed by atoms with Crippen molar-refractivity contribution < 1.29 is 4.79 Å². The van der Waals surface area contributed by atoms with Gasteiger partial charge in [-0.2, -0.15) is 5.10 Å². The van der Waals surface area contributed by atoms with Gasteiger partial charge in [0.15, 0.2) is 0 Å². The number of hydrogen-bond donors (Lipinski definition) is 1. The van der Waals surface area contributed by atoms with Gasteiger partial charge in [-0.1, -0.05) is 6.92 Å². The zero-order valence-electron chi connectivity index (χ0n) is 12.1. The van der Waals surface area contributed by atoms with Crippen LogP contribution in [-0.2, 0) is 13.5 Å². The van der Waals surface area contributed by atoms with E-state index in [1.165, 1.54) is 0 Å². The molecule has 0 atom stereocenters. The second kappa shape index (κ2) is 5.74. The summed E-state index contributed by atoms with van der Waals surface area (Å²) >= 11 is 0. The number of carbonyl (C=O) groups excluding carboxylic acids is 1. The highest BCUT2D eigenvalue weighted by atomic mass is 16.2. The molecule has 1 amide bonds. The summed E-state index contributed by atoms with van der Waals surface area (Å²) in [6.07, 6.45) is 6.64. The average molecular weight is 264 g/mol. The van der Waals surface area contributed by atoms with Crippen LogP contribution in [0.5, 0.6) is 0 Å². The SMILES string of the molecule is CCc1nn(C)cc1C(=O)N(C)C1CCC(N)CC1. The van der Waals surface area contributed by atoms with Crippen LogP contribution in [-0.4, -0.2) is 39.7 Å². The Morgan fingerprint density at radius 2 is 2.11 bits per heavy atom. The zero-order chi connectivity index (χ0) is 14.0. The van der Waals surface area contributed by atoms with Gasteiger partial charge in [0.1, 0.15) is 0 Å². The molecule has 0 unspecified atom stereocenters. The highest BCUT2D eigenvalue weighted by Crippen LogP contribution is 2.23. The molecule has 1 heterocycles. The van der Waals surface area contributed by atoms with E-state index in [1.54, 1.807) is 4.68 Å². The summed E-state index contributed by atoms with van der Waals surface area (Å²) in [5.74, 6) is 0.0884. The Morgan fingerprint density at radius 1 is 1.47 bits per heavy atom. The normalized spacial score (nSPS) is 23.4. The fourth-order valence-corrected chi connectivity index (χ4v) is 2.82. The van der Waals surface area contributed by atoms with E-state index in [2.05, 4.69) is 5.10 Å². The molecule has 0 bridgehead atoms. The lowest BCUT2D eigenvalue weighted by Crippen LogP contribution is -2.42. The van der Waals surface area contributed by atoms with E-state index >= 15 is 0 Å². The van der Waals surface area contributed by atoms with Gasteiger partial charge in [0.25, 0.3) is 5.91 Å². The summed E-state index contributed by atoms with van der Waals surface area (Å²) in [6.45, 7) is 2.03. The van der Waals surface area contributed by atoms with Crippen molar-refractivity contribution in [3.05, 3.63) is 17.5 Å². The van der Waals surface area contributed by atoms with Crippen molar-refractivity contribution in [1.82, 2.24) is 14.7 Å². The van der Waals surface area contributed by atoms with Gasteiger partial charge < -0.3 is 10.6 Å². The Labute approximate surface area is 114 Å². The molecule has 0 saturated heterocycles. The highest BCUT2D eigenvalue weighted by molar-refractivity contribution is 5.95. The number of hydrogen-bond acceptors (Lipinski definition) is 3. The Morgan fingerprint density at radius 3 is 2.68 bits per heavy atom. The lowest BCUT2D eigenvalue weighted by atomic mass is 9.90. The average Bonchev–Trinajstić information content (AvgIpc) is 2.79. The summed E-state index contributed by atoms with van der Waals surface area (Å²) in [4.78, 5) is 14.4. The van der Waals surface area contributed by atoms with Gasteiger partial charge in [0, 0.05) is 32.4 Å². The first kappa shape index (κ1) is 14.1. The van der Waals surface area contributed by atoms with Crippen LogP contribution < -0.4 is 5.73 Å². The minimum atomic E-state index is 0.0884. The first-order valence-corrected chi connectivity index (χ1v) is 7.08. The number of aryl methyl sites for hydroxylation is 2. The van der Waals surface area contributed by atoms with Crippen molar-refractivity contribution >= 4 is 5.91 Å². The second-order valence-electron chi connectivity index (χ2n) is 5.50. The standard InChI is InChI=1S/C14H24N4O/c1-4-13-12(9-17(2)16-13)14(19)18(3)11-7-5-10(15)6-8-11/h9-11H,4-8,15H2,1-3H3. The molecule has 19 heavy (non-hydrogen) atoms. The maximum atomic E-state index is 12.6. The van der Waals surface area contributed by atoms with Gasteiger partial charge in [-0.05, 0) is 32.1 Å². The molecule has 1 aromatic heterocycles. The van der Waals surface area contributed by atoms with Crippen LogP contribution in [0, 0.1) is 0 Å². The number of amides is 1. The minimum Gasteiger partial charge on any atom is -0.339 e. The Hall–Kier alpha value is -1.36. The van der Waals surface area contributed by atoms with Crippen molar-refractivity contribution in [2.75, 3.05) is 7.05 Å². The van der Waals surface area contributed by atoms with Gasteiger partial charge in [0.2, 0.25) is 0 Å². The summed E-state index contributed by atoms with van der Waals surface area (Å²) in [7, 11) is 3.76. The van der Waals surface area contributed by atoms with Crippen LogP contribution in [0.3, 0.4) is 0 Å². The van der Waals surface area contributed by atoms with E-state index in [-0.39, 0.29) is 5.91 Å². The number of nitrogens with two attached hydrogens (primary N) is 1. The van der Waals surface area contributed by atoms with Crippen LogP contribution >= 0.6 is 0 Å². The lowest BCUT2D eigenvalue weighted by Gasteiger charge is -2.33. The Balaban J connectivity index is 2.10. The van der Waals surface area contributed by atoms with Crippen LogP contribution in [0.15, 0.2) is 6.20 Å². The third-order valence-corrected chi connectivity index (χ3v) is 4.08. The van der Waals surface area contributed by atoms with Crippen LogP contribution in [0.25, 0.3) is 0 Å². The van der Waals surface area contributed by atoms with Gasteiger partial charge in [0.05, 0.1) is 11.3 Å². The van der Waals surface area contributed by atoms with E-state index in [0.29, 0.717) is 12.1 Å². The predicted octanol–water partition coefficient (Wildman–Crippen LogP) is 1.32. The van der Waals surface area contributed by atoms with Crippen molar-refractivity contribution in [1.29, 1.82) is 0 Å². The molecule has 0 aliphatic heterocycles. The molecule has 1 saturated carbocycles. The van der Waals surface area contributed by atoms with Gasteiger partial charge >= 0.3 is 0 Å². The van der Waals surface area contributed by atoms with Crippen molar-refractivity contribution in [2.24, 2.45) is 12.8 Å². The molecular formula is C14H24N4O. The monoisotopic (exact) mass is 264 g/mol. The van der Waals surface area contributed by atoms with Crippen molar-refractivity contribution in [3.8, 4) is 0 Å². The van der Waals surface area contributed by atoms with Gasteiger partial charge in [-0.25, -0.2) is 0 Å². The fraction of sp³-hybridized carbons (Fsp3) is 0.714. The van der Waals surface area contributed by atoms with Gasteiger partial charge in [-0.15, -0.1) is 0 Å². The van der Waals surface area contributed by atoms with Crippen LogP contribution in [0.2, 0.25) is 0 Å². The summed E-state index contributed by atoms with van der Waals surface area (Å²) < 4.78 is 1.72. The third kappa shape index (κ3) is 2.97. The van der Waals surface area contributed by atoms with Crippen LogP contribution in [0.4, 0.5) is 0 Å². The quantitative estimate of drug-likeness (QED) is 0.895. The molecule has 5 heteroatoms. The van der Waals surface area contributed by atoms with E-state index in [1.807, 2.05) is 32.1 Å². The van der Waals surface area contributed by atoms with Crippen molar-refractivity contribution in [2.45, 2.75) is 51.1 Å². The predicted molar refractivity (Wildman–Crippen MR) is 74.9 cm³/mol. The number of rotatable bonds is 3. The Kier molecular flexibility index (Phi) is 4.24. The van der Waals surface area contributed by atoms with E-state index < -0.39 is 0 Å². The molecule has 1 aliphatic rings. The molecule has 0 aromatic carbocycles. The number of aromatic nitrogens is 2. The molecule has 2 N–H and O–H groups in total. The summed E-state index contributed by atoms with van der Waals surface area (Å²) in [6, 6.07) is 0.626. The second-order valence-corrected chi connectivity index (χ2v) is 5.50. The molecule has 1 fully saturated rings. The van der Waals surface area contributed by atoms with E-state index in [9.17, 15) is 4.79 Å². The number of carbonyl (C=O) groups is 1. The molecule has 0 radical (unpaired) electrons. The lowest BCUT2D eigenvalue weighted by molar-refractivity contribution is 0.0689. The first-order valence-electron chi connectivity index (χ1n) is 7.08. The maximum Gasteiger partial charge on any atom is 0.257 e. The fourth-order valence-electron chi connectivity index (χ4n) is 2.82. The van der Waals surface area contributed by atoms with E-state index in [4.69, 9.17) is 5.73 Å². The Bertz CT molecular complexity index is 446. The molecule has 5 nitrogen and oxygen atoms in total. The number of nitrogens with zero attached hydrogens (tertiary/aromatic N) is 3. The van der Waals surface area contributed by atoms with Gasteiger partial charge in [-0.3, -0.25) is 9.48 Å². The summed E-state index contributed by atoms with van der Waals surface area (Å²) in [5, 5.41) is 4.34. The molecule has 0 spiro atoms. The smallest absolute Gasteiger partial charge is 0.257 e. The summed E-state index contributed by atoms with van der Waals surface area (Å²) in [5.41, 5.74) is 7.54. The largest absolute Gasteiger partial charge is 0.339 e. The molecule has 2 rings (SSSR count). The molecule has 1 aromatic rings. The zero-order valence-corrected chi connectivity index (χ0v) is 12.1. The van der Waals surface area contributed by atoms with Crippen molar-refractivity contribution in [3.63, 3.8) is 0 Å². The maximum absolute atomic E-state index is 12.6. The molecular weight excluding hydrogens is 240 g/mol. The highest BCUT2D eigenvalue weighted by Gasteiger charge is 2.27. The third-order valence-electron chi connectivity index (χ3n) is 4.08. The van der Waals surface area contributed by atoms with E-state index in [0.717, 1.165) is 43.4 Å². The molecule has 106 valence electrons. The topological polar surface area (TPSA) is 64.2 Å². The first-order chi connectivity index (χ1) is 9.02. The molecule has 1 aliphatic carbocycles. The van der Waals surface area contributed by atoms with Crippen LogP contribution in [0.1, 0.15) is 48.7 Å². The minimum absolute atomic E-state index is 0.0884.